The fraction of sp³-hybridized carbons (Fsp3) is 0.200. The van der Waals surface area contributed by atoms with Gasteiger partial charge in [0.25, 0.3) is 0 Å². The van der Waals surface area contributed by atoms with Crippen LogP contribution in [0.25, 0.3) is 0 Å². The van der Waals surface area contributed by atoms with Gasteiger partial charge in [0, 0.05) is 5.69 Å². The number of para-hydroxylation sites is 1. The van der Waals surface area contributed by atoms with Crippen molar-refractivity contribution in [3.63, 3.8) is 0 Å². The monoisotopic (exact) mass is 209 g/mol. The van der Waals surface area contributed by atoms with Gasteiger partial charge >= 0.3 is 11.9 Å². The number of aromatic carboxylic acids is 1. The van der Waals surface area contributed by atoms with E-state index in [2.05, 4.69) is 5.32 Å². The van der Waals surface area contributed by atoms with E-state index < -0.39 is 18.0 Å². The molecule has 80 valence electrons. The smallest absolute Gasteiger partial charge is 0.337 e. The van der Waals surface area contributed by atoms with E-state index in [1.807, 2.05) is 0 Å². The maximum absolute atomic E-state index is 10.8. The second-order valence-electron chi connectivity index (χ2n) is 3.05. The molecule has 3 N–H and O–H groups in total. The predicted octanol–water partition coefficient (Wildman–Crippen LogP) is 1.27. The normalized spacial score (nSPS) is 11.8. The van der Waals surface area contributed by atoms with Crippen molar-refractivity contribution >= 4 is 17.6 Å². The minimum absolute atomic E-state index is 0.0607. The highest BCUT2D eigenvalue weighted by Crippen LogP contribution is 2.15. The first-order valence-electron chi connectivity index (χ1n) is 4.34. The molecule has 5 nitrogen and oxygen atoms in total. The van der Waals surface area contributed by atoms with E-state index in [-0.39, 0.29) is 5.56 Å². The minimum atomic E-state index is -1.09. The summed E-state index contributed by atoms with van der Waals surface area (Å²) in [5.74, 6) is -2.12. The summed E-state index contributed by atoms with van der Waals surface area (Å²) in [5.41, 5.74) is 0.366. The molecule has 1 rings (SSSR count). The Morgan fingerprint density at radius 3 is 2.40 bits per heavy atom. The third kappa shape index (κ3) is 2.70. The summed E-state index contributed by atoms with van der Waals surface area (Å²) in [6, 6.07) is 5.34. The Labute approximate surface area is 86.4 Å². The summed E-state index contributed by atoms with van der Waals surface area (Å²) in [4.78, 5) is 21.4. The number of nitrogens with one attached hydrogen (secondary N) is 1. The van der Waals surface area contributed by atoms with Gasteiger partial charge in [-0.05, 0) is 19.1 Å². The van der Waals surface area contributed by atoms with Crippen LogP contribution in [0.2, 0.25) is 0 Å². The van der Waals surface area contributed by atoms with Crippen LogP contribution in [0.1, 0.15) is 17.3 Å². The standard InChI is InChI=1S/C10H11NO4/c1-6(9(12)13)11-8-5-3-2-4-7(8)10(14)15/h2-6,11H,1H3,(H,12,13)(H,14,15)/t6-/m1/s1. The number of anilines is 1. The summed E-state index contributed by atoms with van der Waals surface area (Å²) in [6.45, 7) is 1.45. The van der Waals surface area contributed by atoms with Crippen molar-refractivity contribution in [2.75, 3.05) is 5.32 Å². The molecule has 5 heteroatoms. The second kappa shape index (κ2) is 4.45. The van der Waals surface area contributed by atoms with Crippen LogP contribution in [0.15, 0.2) is 24.3 Å². The van der Waals surface area contributed by atoms with Gasteiger partial charge in [-0.2, -0.15) is 0 Å². The van der Waals surface area contributed by atoms with Gasteiger partial charge in [-0.1, -0.05) is 12.1 Å². The zero-order valence-corrected chi connectivity index (χ0v) is 8.10. The maximum Gasteiger partial charge on any atom is 0.337 e. The highest BCUT2D eigenvalue weighted by Gasteiger charge is 2.14. The Morgan fingerprint density at radius 2 is 1.87 bits per heavy atom. The molecule has 0 aromatic heterocycles. The van der Waals surface area contributed by atoms with Crippen LogP contribution in [0.3, 0.4) is 0 Å². The van der Waals surface area contributed by atoms with E-state index in [0.717, 1.165) is 0 Å². The summed E-state index contributed by atoms with van der Waals surface area (Å²) in [5, 5.41) is 20.1. The van der Waals surface area contributed by atoms with Crippen LogP contribution >= 0.6 is 0 Å². The van der Waals surface area contributed by atoms with Crippen molar-refractivity contribution in [1.29, 1.82) is 0 Å². The lowest BCUT2D eigenvalue weighted by molar-refractivity contribution is -0.137. The van der Waals surface area contributed by atoms with Crippen LogP contribution < -0.4 is 5.32 Å². The number of carboxylic acids is 2. The molecule has 0 radical (unpaired) electrons. The van der Waals surface area contributed by atoms with Gasteiger partial charge < -0.3 is 15.5 Å². The molecule has 1 aromatic rings. The summed E-state index contributed by atoms with van der Waals surface area (Å²) < 4.78 is 0. The van der Waals surface area contributed by atoms with Crippen molar-refractivity contribution in [1.82, 2.24) is 0 Å². The Bertz CT molecular complexity index is 389. The molecule has 0 heterocycles. The Balaban J connectivity index is 2.94. The van der Waals surface area contributed by atoms with Crippen molar-refractivity contribution in [3.8, 4) is 0 Å². The molecule has 0 aliphatic heterocycles. The average Bonchev–Trinajstić information content (AvgIpc) is 2.18. The molecule has 0 amide bonds. The summed E-state index contributed by atoms with van der Waals surface area (Å²) in [6.07, 6.45) is 0. The molecule has 0 fully saturated rings. The molecule has 1 atom stereocenters. The fourth-order valence-electron chi connectivity index (χ4n) is 1.09. The molecule has 15 heavy (non-hydrogen) atoms. The Kier molecular flexibility index (Phi) is 3.28. The topological polar surface area (TPSA) is 86.6 Å². The van der Waals surface area contributed by atoms with Crippen LogP contribution in [0.4, 0.5) is 5.69 Å². The molecule has 0 aliphatic carbocycles. The first-order valence-corrected chi connectivity index (χ1v) is 4.34. The first-order chi connectivity index (χ1) is 7.02. The first kappa shape index (κ1) is 11.0. The van der Waals surface area contributed by atoms with Gasteiger partial charge in [-0.3, -0.25) is 4.79 Å². The zero-order valence-electron chi connectivity index (χ0n) is 8.10. The lowest BCUT2D eigenvalue weighted by Gasteiger charge is -2.12. The number of carboxylic acid groups (broad SMARTS) is 2. The van der Waals surface area contributed by atoms with Crippen LogP contribution in [0, 0.1) is 0 Å². The molecule has 0 spiro atoms. The van der Waals surface area contributed by atoms with Gasteiger partial charge in [0.15, 0.2) is 0 Å². The van der Waals surface area contributed by atoms with E-state index in [1.54, 1.807) is 12.1 Å². The van der Waals surface area contributed by atoms with E-state index in [1.165, 1.54) is 19.1 Å². The molecule has 0 unspecified atom stereocenters. The van der Waals surface area contributed by atoms with Crippen molar-refractivity contribution in [3.05, 3.63) is 29.8 Å². The Hall–Kier alpha value is -2.04. The van der Waals surface area contributed by atoms with Gasteiger partial charge in [-0.15, -0.1) is 0 Å². The number of benzene rings is 1. The summed E-state index contributed by atoms with van der Waals surface area (Å²) >= 11 is 0. The number of hydrogen-bond donors (Lipinski definition) is 3. The number of aliphatic carboxylic acids is 1. The van der Waals surface area contributed by atoms with Gasteiger partial charge in [0.2, 0.25) is 0 Å². The SMILES string of the molecule is C[C@@H](Nc1ccccc1C(=O)O)C(=O)O. The van der Waals surface area contributed by atoms with Crippen LogP contribution in [0.5, 0.6) is 0 Å². The second-order valence-corrected chi connectivity index (χ2v) is 3.05. The molecular formula is C10H11NO4. The summed E-state index contributed by atoms with van der Waals surface area (Å²) in [7, 11) is 0. The molecule has 0 saturated carbocycles. The lowest BCUT2D eigenvalue weighted by atomic mass is 10.1. The van der Waals surface area contributed by atoms with Crippen LogP contribution in [-0.4, -0.2) is 28.2 Å². The molecular weight excluding hydrogens is 198 g/mol. The average molecular weight is 209 g/mol. The van der Waals surface area contributed by atoms with Crippen molar-refractivity contribution in [2.24, 2.45) is 0 Å². The van der Waals surface area contributed by atoms with Crippen LogP contribution in [-0.2, 0) is 4.79 Å². The minimum Gasteiger partial charge on any atom is -0.480 e. The largest absolute Gasteiger partial charge is 0.480 e. The zero-order chi connectivity index (χ0) is 11.4. The van der Waals surface area contributed by atoms with Gasteiger partial charge in [-0.25, -0.2) is 4.79 Å². The third-order valence-corrected chi connectivity index (χ3v) is 1.90. The fourth-order valence-corrected chi connectivity index (χ4v) is 1.09. The lowest BCUT2D eigenvalue weighted by Crippen LogP contribution is -2.26. The number of carbonyl (C=O) groups is 2. The van der Waals surface area contributed by atoms with E-state index >= 15 is 0 Å². The van der Waals surface area contributed by atoms with E-state index in [0.29, 0.717) is 5.69 Å². The number of rotatable bonds is 4. The third-order valence-electron chi connectivity index (χ3n) is 1.90. The van der Waals surface area contributed by atoms with Crippen molar-refractivity contribution < 1.29 is 19.8 Å². The molecule has 0 saturated heterocycles. The maximum atomic E-state index is 10.8. The van der Waals surface area contributed by atoms with Gasteiger partial charge in [0.05, 0.1) is 5.56 Å². The highest BCUT2D eigenvalue weighted by molar-refractivity contribution is 5.95. The van der Waals surface area contributed by atoms with E-state index in [4.69, 9.17) is 10.2 Å². The van der Waals surface area contributed by atoms with E-state index in [9.17, 15) is 9.59 Å². The quantitative estimate of drug-likeness (QED) is 0.695. The molecule has 0 aliphatic rings. The molecule has 0 bridgehead atoms. The predicted molar refractivity (Wildman–Crippen MR) is 54.1 cm³/mol. The van der Waals surface area contributed by atoms with Crippen molar-refractivity contribution in [2.45, 2.75) is 13.0 Å². The molecule has 1 aromatic carbocycles. The highest BCUT2D eigenvalue weighted by atomic mass is 16.4. The van der Waals surface area contributed by atoms with Gasteiger partial charge in [0.1, 0.15) is 6.04 Å². The number of hydrogen-bond acceptors (Lipinski definition) is 3. The Morgan fingerprint density at radius 1 is 1.27 bits per heavy atom.